The lowest BCUT2D eigenvalue weighted by Gasteiger charge is -2.04. The van der Waals surface area contributed by atoms with Gasteiger partial charge in [-0.15, -0.1) is 21.5 Å². The second-order valence-electron chi connectivity index (χ2n) is 5.29. The maximum Gasteiger partial charge on any atom is 0.357 e. The van der Waals surface area contributed by atoms with Gasteiger partial charge in [0.15, 0.2) is 11.5 Å². The van der Waals surface area contributed by atoms with E-state index >= 15 is 0 Å². The summed E-state index contributed by atoms with van der Waals surface area (Å²) in [4.78, 5) is 15.1. The lowest BCUT2D eigenvalue weighted by atomic mass is 10.1. The molecule has 4 rings (SSSR count). The molecule has 0 atom stereocenters. The standard InChI is InChI=1S/C17H11FN4O2S/c18-10-3-1-2-9(6-10)13-7-12-15(25-13)14(17(23)24)21-22-16(12)20-11-4-5-19-8-11/h1-8,19H,(H,20,22)(H,23,24). The molecule has 0 amide bonds. The van der Waals surface area contributed by atoms with Gasteiger partial charge >= 0.3 is 5.97 Å². The van der Waals surface area contributed by atoms with Crippen LogP contribution in [0.25, 0.3) is 20.5 Å². The minimum atomic E-state index is -1.15. The average molecular weight is 354 g/mol. The normalized spacial score (nSPS) is 10.9. The van der Waals surface area contributed by atoms with Crippen LogP contribution in [0.4, 0.5) is 15.9 Å². The maximum atomic E-state index is 13.5. The number of hydrogen-bond acceptors (Lipinski definition) is 5. The van der Waals surface area contributed by atoms with Crippen LogP contribution < -0.4 is 5.32 Å². The molecule has 3 N–H and O–H groups in total. The summed E-state index contributed by atoms with van der Waals surface area (Å²) in [6.45, 7) is 0. The number of hydrogen-bond donors (Lipinski definition) is 3. The van der Waals surface area contributed by atoms with E-state index in [9.17, 15) is 14.3 Å². The Bertz CT molecular complexity index is 1080. The second-order valence-corrected chi connectivity index (χ2v) is 6.34. The van der Waals surface area contributed by atoms with Crippen molar-refractivity contribution in [2.45, 2.75) is 0 Å². The fraction of sp³-hybridized carbons (Fsp3) is 0. The highest BCUT2D eigenvalue weighted by Crippen LogP contribution is 2.38. The molecule has 0 aliphatic carbocycles. The van der Waals surface area contributed by atoms with Crippen LogP contribution in [0.3, 0.4) is 0 Å². The number of rotatable bonds is 4. The minimum absolute atomic E-state index is 0.123. The van der Waals surface area contributed by atoms with Crippen molar-refractivity contribution in [2.75, 3.05) is 5.32 Å². The summed E-state index contributed by atoms with van der Waals surface area (Å²) in [5, 5.41) is 20.9. The summed E-state index contributed by atoms with van der Waals surface area (Å²) < 4.78 is 14.0. The topological polar surface area (TPSA) is 90.9 Å². The van der Waals surface area contributed by atoms with Crippen molar-refractivity contribution in [2.24, 2.45) is 0 Å². The number of fused-ring (bicyclic) bond motifs is 1. The molecule has 0 saturated carbocycles. The largest absolute Gasteiger partial charge is 0.476 e. The Morgan fingerprint density at radius 2 is 2.12 bits per heavy atom. The molecule has 0 unspecified atom stereocenters. The van der Waals surface area contributed by atoms with E-state index in [-0.39, 0.29) is 11.5 Å². The molecule has 8 heteroatoms. The highest BCUT2D eigenvalue weighted by Gasteiger charge is 2.19. The van der Waals surface area contributed by atoms with Crippen LogP contribution in [0.2, 0.25) is 0 Å². The first-order valence-corrected chi connectivity index (χ1v) is 8.13. The van der Waals surface area contributed by atoms with Crippen molar-refractivity contribution in [3.05, 3.63) is 60.3 Å². The van der Waals surface area contributed by atoms with Crippen molar-refractivity contribution in [1.29, 1.82) is 0 Å². The van der Waals surface area contributed by atoms with Gasteiger partial charge in [-0.25, -0.2) is 9.18 Å². The summed E-state index contributed by atoms with van der Waals surface area (Å²) in [5.74, 6) is -1.06. The third-order valence-electron chi connectivity index (χ3n) is 3.62. The first-order valence-electron chi connectivity index (χ1n) is 7.31. The Morgan fingerprint density at radius 3 is 2.84 bits per heavy atom. The van der Waals surface area contributed by atoms with E-state index in [0.29, 0.717) is 21.5 Å². The number of halogens is 1. The number of thiophene rings is 1. The van der Waals surface area contributed by atoms with Crippen LogP contribution in [0.15, 0.2) is 48.8 Å². The van der Waals surface area contributed by atoms with Gasteiger partial charge in [0, 0.05) is 22.7 Å². The summed E-state index contributed by atoms with van der Waals surface area (Å²) in [6.07, 6.45) is 3.50. The van der Waals surface area contributed by atoms with Crippen LogP contribution in [-0.2, 0) is 0 Å². The van der Waals surface area contributed by atoms with Gasteiger partial charge in [0.1, 0.15) is 5.82 Å². The van der Waals surface area contributed by atoms with E-state index in [2.05, 4.69) is 20.5 Å². The Balaban J connectivity index is 1.90. The number of carbonyl (C=O) groups is 1. The molecule has 25 heavy (non-hydrogen) atoms. The number of nitrogens with one attached hydrogen (secondary N) is 2. The number of aromatic carboxylic acids is 1. The molecule has 1 aromatic carbocycles. The summed E-state index contributed by atoms with van der Waals surface area (Å²) in [6, 6.07) is 9.77. The smallest absolute Gasteiger partial charge is 0.357 e. The van der Waals surface area contributed by atoms with Crippen LogP contribution in [0.5, 0.6) is 0 Å². The molecule has 0 fully saturated rings. The number of benzene rings is 1. The van der Waals surface area contributed by atoms with E-state index in [0.717, 1.165) is 10.6 Å². The predicted octanol–water partition coefficient (Wildman–Crippen LogP) is 4.27. The Labute approximate surface area is 145 Å². The summed E-state index contributed by atoms with van der Waals surface area (Å²) in [7, 11) is 0. The van der Waals surface area contributed by atoms with Crippen LogP contribution in [0, 0.1) is 5.82 Å². The average Bonchev–Trinajstić information content (AvgIpc) is 3.24. The van der Waals surface area contributed by atoms with Crippen molar-refractivity contribution < 1.29 is 14.3 Å². The van der Waals surface area contributed by atoms with Gasteiger partial charge in [-0.05, 0) is 29.8 Å². The zero-order chi connectivity index (χ0) is 17.4. The molecule has 0 radical (unpaired) electrons. The summed E-state index contributed by atoms with van der Waals surface area (Å²) in [5.41, 5.74) is 1.32. The fourth-order valence-corrected chi connectivity index (χ4v) is 3.63. The number of anilines is 2. The Hall–Kier alpha value is -3.26. The van der Waals surface area contributed by atoms with Crippen LogP contribution >= 0.6 is 11.3 Å². The van der Waals surface area contributed by atoms with E-state index in [4.69, 9.17) is 0 Å². The molecular formula is C17H11FN4O2S. The number of carboxylic acid groups (broad SMARTS) is 1. The third-order valence-corrected chi connectivity index (χ3v) is 4.82. The molecule has 4 aromatic rings. The summed E-state index contributed by atoms with van der Waals surface area (Å²) >= 11 is 1.24. The van der Waals surface area contributed by atoms with Crippen molar-refractivity contribution in [1.82, 2.24) is 15.2 Å². The van der Waals surface area contributed by atoms with E-state index in [1.54, 1.807) is 30.6 Å². The van der Waals surface area contributed by atoms with Gasteiger partial charge in [-0.1, -0.05) is 12.1 Å². The van der Waals surface area contributed by atoms with E-state index in [1.807, 2.05) is 6.07 Å². The van der Waals surface area contributed by atoms with Gasteiger partial charge in [-0.3, -0.25) is 0 Å². The van der Waals surface area contributed by atoms with E-state index < -0.39 is 5.97 Å². The van der Waals surface area contributed by atoms with Crippen LogP contribution in [0.1, 0.15) is 10.5 Å². The molecule has 0 bridgehead atoms. The van der Waals surface area contributed by atoms with Gasteiger partial charge in [0.05, 0.1) is 10.4 Å². The van der Waals surface area contributed by atoms with Crippen LogP contribution in [-0.4, -0.2) is 26.3 Å². The lowest BCUT2D eigenvalue weighted by molar-refractivity contribution is 0.0692. The van der Waals surface area contributed by atoms with Crippen molar-refractivity contribution in [3.8, 4) is 10.4 Å². The molecule has 0 saturated heterocycles. The molecule has 3 heterocycles. The molecule has 0 aliphatic heterocycles. The van der Waals surface area contributed by atoms with Gasteiger partial charge in [0.2, 0.25) is 0 Å². The molecular weight excluding hydrogens is 343 g/mol. The lowest BCUT2D eigenvalue weighted by Crippen LogP contribution is -2.04. The fourth-order valence-electron chi connectivity index (χ4n) is 2.50. The first kappa shape index (κ1) is 15.3. The van der Waals surface area contributed by atoms with Crippen molar-refractivity contribution in [3.63, 3.8) is 0 Å². The number of nitrogens with zero attached hydrogens (tertiary/aromatic N) is 2. The Kier molecular flexibility index (Phi) is 3.66. The van der Waals surface area contributed by atoms with Gasteiger partial charge < -0.3 is 15.4 Å². The highest BCUT2D eigenvalue weighted by atomic mass is 32.1. The molecule has 6 nitrogen and oxygen atoms in total. The zero-order valence-corrected chi connectivity index (χ0v) is 13.5. The number of H-pyrrole nitrogens is 1. The SMILES string of the molecule is O=C(O)c1nnc(Nc2cc[nH]c2)c2cc(-c3cccc(F)c3)sc12. The van der Waals surface area contributed by atoms with E-state index in [1.165, 1.54) is 23.5 Å². The number of aromatic amines is 1. The molecule has 3 aromatic heterocycles. The predicted molar refractivity (Wildman–Crippen MR) is 93.8 cm³/mol. The number of carboxylic acids is 1. The van der Waals surface area contributed by atoms with Gasteiger partial charge in [-0.2, -0.15) is 0 Å². The Morgan fingerprint density at radius 1 is 1.24 bits per heavy atom. The minimum Gasteiger partial charge on any atom is -0.476 e. The third kappa shape index (κ3) is 2.83. The molecule has 124 valence electrons. The number of aromatic nitrogens is 3. The molecule has 0 aliphatic rings. The van der Waals surface area contributed by atoms with Gasteiger partial charge in [0.25, 0.3) is 0 Å². The monoisotopic (exact) mass is 354 g/mol. The maximum absolute atomic E-state index is 13.5. The molecule has 0 spiro atoms. The second kappa shape index (κ2) is 5.99. The first-order chi connectivity index (χ1) is 12.1. The highest BCUT2D eigenvalue weighted by molar-refractivity contribution is 7.22. The quantitative estimate of drug-likeness (QED) is 0.509. The van der Waals surface area contributed by atoms with Crippen molar-refractivity contribution >= 4 is 38.9 Å². The zero-order valence-electron chi connectivity index (χ0n) is 12.7.